The first-order valence-corrected chi connectivity index (χ1v) is 12.8. The van der Waals surface area contributed by atoms with Crippen molar-refractivity contribution in [1.29, 1.82) is 0 Å². The van der Waals surface area contributed by atoms with Gasteiger partial charge >= 0.3 is 0 Å². The van der Waals surface area contributed by atoms with Crippen molar-refractivity contribution in [3.63, 3.8) is 0 Å². The molecule has 1 saturated heterocycles. The fourth-order valence-corrected chi connectivity index (χ4v) is 5.45. The van der Waals surface area contributed by atoms with Crippen molar-refractivity contribution in [2.45, 2.75) is 64.0 Å². The number of piperidine rings is 1. The molecule has 2 aromatic heterocycles. The zero-order valence-electron chi connectivity index (χ0n) is 20.9. The summed E-state index contributed by atoms with van der Waals surface area (Å²) in [4.78, 5) is 31.9. The second-order valence-electron chi connectivity index (χ2n) is 9.92. The van der Waals surface area contributed by atoms with Gasteiger partial charge in [-0.1, -0.05) is 24.3 Å². The quantitative estimate of drug-likeness (QED) is 0.523. The van der Waals surface area contributed by atoms with Gasteiger partial charge in [-0.2, -0.15) is 5.10 Å². The van der Waals surface area contributed by atoms with Crippen molar-refractivity contribution in [3.05, 3.63) is 82.4 Å². The van der Waals surface area contributed by atoms with Crippen LogP contribution in [0.4, 0.5) is 8.78 Å². The molecule has 37 heavy (non-hydrogen) atoms. The van der Waals surface area contributed by atoms with Crippen molar-refractivity contribution in [2.24, 2.45) is 0 Å². The van der Waals surface area contributed by atoms with E-state index in [0.717, 1.165) is 37.7 Å². The predicted octanol–water partition coefficient (Wildman–Crippen LogP) is 4.74. The van der Waals surface area contributed by atoms with E-state index in [1.165, 1.54) is 21.9 Å². The molecule has 1 aliphatic heterocycles. The van der Waals surface area contributed by atoms with Crippen molar-refractivity contribution in [3.8, 4) is 0 Å². The van der Waals surface area contributed by atoms with E-state index in [1.54, 1.807) is 18.0 Å². The summed E-state index contributed by atoms with van der Waals surface area (Å²) >= 11 is 0. The minimum atomic E-state index is -2.66. The minimum Gasteiger partial charge on any atom is -0.344 e. The number of halogens is 2. The highest BCUT2D eigenvalue weighted by molar-refractivity contribution is 5.92. The number of fused-ring (bicyclic) bond motifs is 1. The standard InChI is InChI=1S/C28H31F2N5O2/c1-18-15-24(27(29)30)33-35(18)17-26(36)34-13-10-19(11-14-34)21-9-12-31-25(16-21)28(37)32-23-8-4-6-20-5-2-3-7-22(20)23/h2-3,5,7,9,12,15-16,19,23,27H,4,6,8,10-11,13-14,17H2,1H3,(H,32,37)/t23-/m1/s1. The number of alkyl halides is 2. The second-order valence-corrected chi connectivity index (χ2v) is 9.92. The SMILES string of the molecule is Cc1cc(C(F)F)nn1CC(=O)N1CCC(c2ccnc(C(=O)N[C@@H]3CCCc4ccccc43)c2)CC1. The summed E-state index contributed by atoms with van der Waals surface area (Å²) in [7, 11) is 0. The molecular weight excluding hydrogens is 476 g/mol. The molecule has 1 aliphatic carbocycles. The molecule has 3 aromatic rings. The van der Waals surface area contributed by atoms with Gasteiger partial charge in [0.05, 0.1) is 6.04 Å². The third kappa shape index (κ3) is 5.55. The fraction of sp³-hybridized carbons (Fsp3) is 0.429. The maximum atomic E-state index is 13.1. The van der Waals surface area contributed by atoms with Crippen LogP contribution in [-0.2, 0) is 17.8 Å². The minimum absolute atomic E-state index is 0.00708. The first kappa shape index (κ1) is 25.0. The Kier molecular flexibility index (Phi) is 7.30. The summed E-state index contributed by atoms with van der Waals surface area (Å²) in [5, 5.41) is 7.03. The van der Waals surface area contributed by atoms with Crippen LogP contribution < -0.4 is 5.32 Å². The second kappa shape index (κ2) is 10.8. The van der Waals surface area contributed by atoms with Gasteiger partial charge in [0, 0.05) is 25.0 Å². The van der Waals surface area contributed by atoms with Gasteiger partial charge in [-0.05, 0) is 79.8 Å². The summed E-state index contributed by atoms with van der Waals surface area (Å²) < 4.78 is 27.2. The molecule has 1 N–H and O–H groups in total. The van der Waals surface area contributed by atoms with Gasteiger partial charge in [-0.15, -0.1) is 0 Å². The van der Waals surface area contributed by atoms with Crippen molar-refractivity contribution >= 4 is 11.8 Å². The summed E-state index contributed by atoms with van der Waals surface area (Å²) in [5.41, 5.74) is 4.15. The highest BCUT2D eigenvalue weighted by Crippen LogP contribution is 2.31. The van der Waals surface area contributed by atoms with Crippen LogP contribution in [0.5, 0.6) is 0 Å². The lowest BCUT2D eigenvalue weighted by Crippen LogP contribution is -2.40. The summed E-state index contributed by atoms with van der Waals surface area (Å²) in [6.07, 6.45) is 3.53. The number of carbonyl (C=O) groups excluding carboxylic acids is 2. The van der Waals surface area contributed by atoms with E-state index in [0.29, 0.717) is 24.5 Å². The molecule has 0 saturated carbocycles. The molecule has 1 fully saturated rings. The van der Waals surface area contributed by atoms with E-state index in [2.05, 4.69) is 27.5 Å². The third-order valence-electron chi connectivity index (χ3n) is 7.52. The summed E-state index contributed by atoms with van der Waals surface area (Å²) in [5.74, 6) is -0.0900. The van der Waals surface area contributed by atoms with E-state index < -0.39 is 6.43 Å². The Hall–Kier alpha value is -3.62. The van der Waals surface area contributed by atoms with Gasteiger partial charge in [0.1, 0.15) is 17.9 Å². The molecule has 7 nitrogen and oxygen atoms in total. The van der Waals surface area contributed by atoms with Crippen LogP contribution in [0.2, 0.25) is 0 Å². The maximum Gasteiger partial charge on any atom is 0.282 e. The molecule has 9 heteroatoms. The van der Waals surface area contributed by atoms with E-state index >= 15 is 0 Å². The lowest BCUT2D eigenvalue weighted by atomic mass is 9.87. The van der Waals surface area contributed by atoms with Gasteiger partial charge < -0.3 is 10.2 Å². The number of hydrogen-bond acceptors (Lipinski definition) is 4. The number of likely N-dealkylation sites (tertiary alicyclic amines) is 1. The number of rotatable bonds is 6. The van der Waals surface area contributed by atoms with Crippen LogP contribution >= 0.6 is 0 Å². The number of aromatic nitrogens is 3. The number of aryl methyl sites for hydroxylation is 2. The largest absolute Gasteiger partial charge is 0.344 e. The Morgan fingerprint density at radius 3 is 2.65 bits per heavy atom. The van der Waals surface area contributed by atoms with Crippen LogP contribution in [-0.4, -0.2) is 44.6 Å². The molecule has 0 radical (unpaired) electrons. The number of nitrogens with zero attached hydrogens (tertiary/aromatic N) is 4. The van der Waals surface area contributed by atoms with Crippen LogP contribution in [0.25, 0.3) is 0 Å². The van der Waals surface area contributed by atoms with Gasteiger partial charge in [0.25, 0.3) is 12.3 Å². The van der Waals surface area contributed by atoms with Crippen LogP contribution in [0, 0.1) is 6.92 Å². The monoisotopic (exact) mass is 507 g/mol. The Morgan fingerprint density at radius 2 is 1.89 bits per heavy atom. The molecule has 1 atom stereocenters. The molecule has 2 aliphatic rings. The molecule has 1 aromatic carbocycles. The molecule has 194 valence electrons. The van der Waals surface area contributed by atoms with Crippen molar-refractivity contribution in [2.75, 3.05) is 13.1 Å². The summed E-state index contributed by atoms with van der Waals surface area (Å²) in [6, 6.07) is 13.4. The third-order valence-corrected chi connectivity index (χ3v) is 7.52. The zero-order valence-corrected chi connectivity index (χ0v) is 20.9. The topological polar surface area (TPSA) is 80.1 Å². The lowest BCUT2D eigenvalue weighted by Gasteiger charge is -2.32. The first-order valence-electron chi connectivity index (χ1n) is 12.8. The normalized spacial score (nSPS) is 18.1. The first-order chi connectivity index (χ1) is 17.9. The number of benzene rings is 1. The number of nitrogens with one attached hydrogen (secondary N) is 1. The Bertz CT molecular complexity index is 1280. The van der Waals surface area contributed by atoms with E-state index in [4.69, 9.17) is 0 Å². The molecule has 2 amide bonds. The molecular formula is C28H31F2N5O2. The number of amides is 2. The average molecular weight is 508 g/mol. The zero-order chi connectivity index (χ0) is 25.9. The average Bonchev–Trinajstić information content (AvgIpc) is 3.29. The lowest BCUT2D eigenvalue weighted by molar-refractivity contribution is -0.133. The molecule has 3 heterocycles. The smallest absolute Gasteiger partial charge is 0.282 e. The van der Waals surface area contributed by atoms with Gasteiger partial charge in [0.15, 0.2) is 0 Å². The molecule has 0 spiro atoms. The Morgan fingerprint density at radius 1 is 1.11 bits per heavy atom. The highest BCUT2D eigenvalue weighted by atomic mass is 19.3. The molecule has 0 bridgehead atoms. The van der Waals surface area contributed by atoms with E-state index in [9.17, 15) is 18.4 Å². The molecule has 5 rings (SSSR count). The van der Waals surface area contributed by atoms with Crippen LogP contribution in [0.15, 0.2) is 48.7 Å². The van der Waals surface area contributed by atoms with E-state index in [1.807, 2.05) is 24.3 Å². The van der Waals surface area contributed by atoms with Crippen molar-refractivity contribution in [1.82, 2.24) is 25.0 Å². The number of hydrogen-bond donors (Lipinski definition) is 1. The molecule has 0 unspecified atom stereocenters. The fourth-order valence-electron chi connectivity index (χ4n) is 5.45. The summed E-state index contributed by atoms with van der Waals surface area (Å²) in [6.45, 7) is 2.75. The van der Waals surface area contributed by atoms with Crippen LogP contribution in [0.3, 0.4) is 0 Å². The van der Waals surface area contributed by atoms with Gasteiger partial charge in [-0.3, -0.25) is 19.3 Å². The predicted molar refractivity (Wildman–Crippen MR) is 134 cm³/mol. The number of carbonyl (C=O) groups is 2. The van der Waals surface area contributed by atoms with Crippen LogP contribution in [0.1, 0.15) is 82.6 Å². The highest BCUT2D eigenvalue weighted by Gasteiger charge is 2.27. The Balaban J connectivity index is 1.18. The van der Waals surface area contributed by atoms with Gasteiger partial charge in [-0.25, -0.2) is 8.78 Å². The van der Waals surface area contributed by atoms with Gasteiger partial charge in [0.2, 0.25) is 5.91 Å². The van der Waals surface area contributed by atoms with Crippen molar-refractivity contribution < 1.29 is 18.4 Å². The maximum absolute atomic E-state index is 13.1. The number of pyridine rings is 1. The van der Waals surface area contributed by atoms with E-state index in [-0.39, 0.29) is 36.0 Å². The Labute approximate surface area is 214 Å².